The van der Waals surface area contributed by atoms with Gasteiger partial charge in [0.15, 0.2) is 0 Å². The maximum absolute atomic E-state index is 12.8. The smallest absolute Gasteiger partial charge is 0.288 e. The van der Waals surface area contributed by atoms with Crippen LogP contribution in [0.2, 0.25) is 5.02 Å². The molecule has 0 bridgehead atoms. The lowest BCUT2D eigenvalue weighted by molar-refractivity contribution is -0.384. The van der Waals surface area contributed by atoms with E-state index in [2.05, 4.69) is 22.8 Å². The van der Waals surface area contributed by atoms with Crippen LogP contribution in [0.25, 0.3) is 0 Å². The SMILES string of the molecule is Cc1ccccc1C(=O)Nc1ccc2c(c1)C1C=CCC1C(c1ccc(Cl)c([N+](=O)[O-])c1)N2. The molecule has 5 rings (SSSR count). The minimum atomic E-state index is -0.448. The molecule has 166 valence electrons. The fourth-order valence-electron chi connectivity index (χ4n) is 4.89. The third-order valence-electron chi connectivity index (χ3n) is 6.54. The summed E-state index contributed by atoms with van der Waals surface area (Å²) in [6.07, 6.45) is 5.20. The summed E-state index contributed by atoms with van der Waals surface area (Å²) in [5.41, 5.74) is 5.13. The zero-order chi connectivity index (χ0) is 23.1. The predicted octanol–water partition coefficient (Wildman–Crippen LogP) is 6.64. The molecule has 0 aromatic heterocycles. The Kier molecular flexibility index (Phi) is 5.38. The van der Waals surface area contributed by atoms with E-state index in [4.69, 9.17) is 11.6 Å². The van der Waals surface area contributed by atoms with Gasteiger partial charge in [-0.2, -0.15) is 0 Å². The number of nitrogens with zero attached hydrogens (tertiary/aromatic N) is 1. The van der Waals surface area contributed by atoms with Crippen molar-refractivity contribution in [3.05, 3.63) is 110 Å². The monoisotopic (exact) mass is 459 g/mol. The number of hydrogen-bond acceptors (Lipinski definition) is 4. The second-order valence-electron chi connectivity index (χ2n) is 8.51. The van der Waals surface area contributed by atoms with Crippen molar-refractivity contribution in [2.24, 2.45) is 5.92 Å². The van der Waals surface area contributed by atoms with Crippen LogP contribution >= 0.6 is 11.6 Å². The molecule has 0 saturated carbocycles. The summed E-state index contributed by atoms with van der Waals surface area (Å²) in [5.74, 6) is 0.221. The second-order valence-corrected chi connectivity index (χ2v) is 8.92. The third-order valence-corrected chi connectivity index (χ3v) is 6.86. The molecule has 3 atom stereocenters. The number of carbonyl (C=O) groups excluding carboxylic acids is 1. The van der Waals surface area contributed by atoms with Gasteiger partial charge in [0.2, 0.25) is 0 Å². The highest BCUT2D eigenvalue weighted by Gasteiger charge is 2.38. The van der Waals surface area contributed by atoms with Crippen molar-refractivity contribution >= 4 is 34.6 Å². The van der Waals surface area contributed by atoms with Crippen LogP contribution in [0.5, 0.6) is 0 Å². The van der Waals surface area contributed by atoms with Crippen LogP contribution in [0.15, 0.2) is 72.8 Å². The number of amides is 1. The topological polar surface area (TPSA) is 84.3 Å². The molecule has 1 heterocycles. The summed E-state index contributed by atoms with van der Waals surface area (Å²) >= 11 is 6.03. The lowest BCUT2D eigenvalue weighted by atomic mass is 9.77. The summed E-state index contributed by atoms with van der Waals surface area (Å²) in [5, 5.41) is 18.1. The molecule has 7 heteroatoms. The molecule has 3 aromatic rings. The zero-order valence-electron chi connectivity index (χ0n) is 17.9. The third kappa shape index (κ3) is 3.87. The van der Waals surface area contributed by atoms with Crippen LogP contribution in [0, 0.1) is 23.0 Å². The summed E-state index contributed by atoms with van der Waals surface area (Å²) in [6, 6.07) is 18.3. The van der Waals surface area contributed by atoms with Crippen LogP contribution in [0.1, 0.15) is 45.4 Å². The fourth-order valence-corrected chi connectivity index (χ4v) is 5.08. The van der Waals surface area contributed by atoms with Crippen molar-refractivity contribution in [3.8, 4) is 0 Å². The number of nitro groups is 1. The zero-order valence-corrected chi connectivity index (χ0v) is 18.7. The Balaban J connectivity index is 1.45. The summed E-state index contributed by atoms with van der Waals surface area (Å²) in [6.45, 7) is 1.92. The number of rotatable bonds is 4. The highest BCUT2D eigenvalue weighted by Crippen LogP contribution is 2.50. The van der Waals surface area contributed by atoms with Crippen LogP contribution in [-0.4, -0.2) is 10.8 Å². The number of carbonyl (C=O) groups is 1. The van der Waals surface area contributed by atoms with Crippen molar-refractivity contribution in [1.29, 1.82) is 0 Å². The Morgan fingerprint density at radius 3 is 2.76 bits per heavy atom. The number of halogens is 1. The number of aryl methyl sites for hydroxylation is 1. The summed E-state index contributed by atoms with van der Waals surface area (Å²) < 4.78 is 0. The maximum atomic E-state index is 12.8. The standard InChI is InChI=1S/C26H22ClN3O3/c1-15-5-2-3-6-18(15)26(31)28-17-10-12-23-21(14-17)19-7-4-8-20(19)25(29-23)16-9-11-22(27)24(13-16)30(32)33/h2-7,9-14,19-20,25,29H,8H2,1H3,(H,28,31). The van der Waals surface area contributed by atoms with Gasteiger partial charge in [-0.05, 0) is 66.3 Å². The average Bonchev–Trinajstić information content (AvgIpc) is 3.29. The van der Waals surface area contributed by atoms with Crippen molar-refractivity contribution in [2.45, 2.75) is 25.3 Å². The Morgan fingerprint density at radius 1 is 1.15 bits per heavy atom. The molecule has 2 aliphatic rings. The first-order chi connectivity index (χ1) is 15.9. The first kappa shape index (κ1) is 21.2. The molecular weight excluding hydrogens is 438 g/mol. The van der Waals surface area contributed by atoms with Gasteiger partial charge < -0.3 is 10.6 Å². The lowest BCUT2D eigenvalue weighted by Crippen LogP contribution is -2.29. The molecule has 2 N–H and O–H groups in total. The number of anilines is 2. The molecule has 1 aliphatic carbocycles. The lowest BCUT2D eigenvalue weighted by Gasteiger charge is -2.37. The van der Waals surface area contributed by atoms with Crippen molar-refractivity contribution in [1.82, 2.24) is 0 Å². The molecule has 0 spiro atoms. The van der Waals surface area contributed by atoms with Gasteiger partial charge in [0, 0.05) is 28.9 Å². The normalized spacial score (nSPS) is 20.5. The Labute approximate surface area is 196 Å². The van der Waals surface area contributed by atoms with Crippen LogP contribution in [0.4, 0.5) is 17.1 Å². The molecule has 6 nitrogen and oxygen atoms in total. The van der Waals surface area contributed by atoms with Crippen LogP contribution in [0.3, 0.4) is 0 Å². The van der Waals surface area contributed by atoms with E-state index in [0.717, 1.165) is 34.5 Å². The van der Waals surface area contributed by atoms with Gasteiger partial charge in [0.1, 0.15) is 5.02 Å². The van der Waals surface area contributed by atoms with Gasteiger partial charge in [-0.25, -0.2) is 0 Å². The van der Waals surface area contributed by atoms with Gasteiger partial charge in [-0.3, -0.25) is 14.9 Å². The van der Waals surface area contributed by atoms with Crippen LogP contribution in [-0.2, 0) is 0 Å². The number of nitrogens with one attached hydrogen (secondary N) is 2. The number of allylic oxidation sites excluding steroid dienone is 2. The van der Waals surface area contributed by atoms with E-state index in [1.807, 2.05) is 55.5 Å². The van der Waals surface area contributed by atoms with Gasteiger partial charge in [-0.15, -0.1) is 0 Å². The van der Waals surface area contributed by atoms with E-state index in [0.29, 0.717) is 5.56 Å². The van der Waals surface area contributed by atoms with Crippen molar-refractivity contribution in [3.63, 3.8) is 0 Å². The number of nitro benzene ring substituents is 1. The predicted molar refractivity (Wildman–Crippen MR) is 130 cm³/mol. The number of fused-ring (bicyclic) bond motifs is 3. The maximum Gasteiger partial charge on any atom is 0.288 e. The molecule has 1 aliphatic heterocycles. The molecule has 0 saturated heterocycles. The first-order valence-electron chi connectivity index (χ1n) is 10.8. The number of benzene rings is 3. The molecule has 1 amide bonds. The molecule has 33 heavy (non-hydrogen) atoms. The number of hydrogen-bond donors (Lipinski definition) is 2. The highest BCUT2D eigenvalue weighted by molar-refractivity contribution is 6.32. The molecular formula is C26H22ClN3O3. The van der Waals surface area contributed by atoms with E-state index < -0.39 is 4.92 Å². The van der Waals surface area contributed by atoms with E-state index in [9.17, 15) is 14.9 Å². The summed E-state index contributed by atoms with van der Waals surface area (Å²) in [7, 11) is 0. The summed E-state index contributed by atoms with van der Waals surface area (Å²) in [4.78, 5) is 23.7. The largest absolute Gasteiger partial charge is 0.378 e. The van der Waals surface area contributed by atoms with Gasteiger partial charge in [0.25, 0.3) is 11.6 Å². The van der Waals surface area contributed by atoms with Crippen molar-refractivity contribution < 1.29 is 9.72 Å². The van der Waals surface area contributed by atoms with E-state index in [1.54, 1.807) is 12.1 Å². The highest BCUT2D eigenvalue weighted by atomic mass is 35.5. The first-order valence-corrected chi connectivity index (χ1v) is 11.2. The quantitative estimate of drug-likeness (QED) is 0.260. The molecule has 3 aromatic carbocycles. The second kappa shape index (κ2) is 8.37. The molecule has 0 fully saturated rings. The fraction of sp³-hybridized carbons (Fsp3) is 0.192. The van der Waals surface area contributed by atoms with Crippen LogP contribution < -0.4 is 10.6 Å². The van der Waals surface area contributed by atoms with Gasteiger partial charge in [0.05, 0.1) is 11.0 Å². The molecule has 0 radical (unpaired) electrons. The Hall–Kier alpha value is -3.64. The Morgan fingerprint density at radius 2 is 1.97 bits per heavy atom. The van der Waals surface area contributed by atoms with Gasteiger partial charge >= 0.3 is 0 Å². The van der Waals surface area contributed by atoms with Crippen molar-refractivity contribution in [2.75, 3.05) is 10.6 Å². The van der Waals surface area contributed by atoms with E-state index in [-0.39, 0.29) is 34.5 Å². The van der Waals surface area contributed by atoms with Gasteiger partial charge in [-0.1, -0.05) is 48.0 Å². The Bertz CT molecular complexity index is 1300. The van der Waals surface area contributed by atoms with E-state index in [1.165, 1.54) is 0 Å². The average molecular weight is 460 g/mol. The van der Waals surface area contributed by atoms with E-state index >= 15 is 0 Å². The minimum absolute atomic E-state index is 0.0825. The molecule has 3 unspecified atom stereocenters. The minimum Gasteiger partial charge on any atom is -0.378 e.